The smallest absolute Gasteiger partial charge is 0.126 e. The van der Waals surface area contributed by atoms with Crippen molar-refractivity contribution in [3.63, 3.8) is 0 Å². The summed E-state index contributed by atoms with van der Waals surface area (Å²) in [4.78, 5) is 0. The first-order chi connectivity index (χ1) is 12.0. The summed E-state index contributed by atoms with van der Waals surface area (Å²) >= 11 is 0. The first-order valence-corrected chi connectivity index (χ1v) is 9.24. The molecule has 0 radical (unpaired) electrons. The molecule has 0 bridgehead atoms. The van der Waals surface area contributed by atoms with E-state index in [9.17, 15) is 5.11 Å². The van der Waals surface area contributed by atoms with Crippen LogP contribution in [-0.2, 0) is 11.2 Å². The van der Waals surface area contributed by atoms with E-state index in [1.807, 2.05) is 12.1 Å². The summed E-state index contributed by atoms with van der Waals surface area (Å²) in [6, 6.07) is 15.9. The summed E-state index contributed by atoms with van der Waals surface area (Å²) in [5.41, 5.74) is 2.10. The molecule has 3 nitrogen and oxygen atoms in total. The molecule has 132 valence electrons. The standard InChI is InChI=1S/C22H26O3/c1-22(2)19-12-11-17(10-8-15-6-4-3-5-7-15)24-21(19)18-14-16(23)9-13-20(18)25-22/h3-7,9,13-14,17,19,21,23H,8,10-12H2,1-2H3/t17-,19-,21+/m0/s1. The summed E-state index contributed by atoms with van der Waals surface area (Å²) in [5.74, 6) is 1.43. The summed E-state index contributed by atoms with van der Waals surface area (Å²) in [6.07, 6.45) is 4.48. The maximum absolute atomic E-state index is 9.92. The van der Waals surface area contributed by atoms with Gasteiger partial charge in [0.05, 0.1) is 12.2 Å². The minimum absolute atomic E-state index is 0.000346. The minimum atomic E-state index is -0.251. The van der Waals surface area contributed by atoms with Crippen LogP contribution in [0.1, 0.15) is 50.3 Å². The molecule has 0 aliphatic carbocycles. The molecule has 2 heterocycles. The first-order valence-electron chi connectivity index (χ1n) is 9.24. The first kappa shape index (κ1) is 16.5. The SMILES string of the molecule is CC1(C)Oc2ccc(O)cc2[C@H]2O[C@@H](CCc3ccccc3)CC[C@@H]21. The molecule has 2 aliphatic rings. The van der Waals surface area contributed by atoms with Crippen molar-refractivity contribution in [3.05, 3.63) is 59.7 Å². The minimum Gasteiger partial charge on any atom is -0.508 e. The Morgan fingerprint density at radius 1 is 1.08 bits per heavy atom. The molecular formula is C22H26O3. The average Bonchev–Trinajstić information content (AvgIpc) is 2.61. The van der Waals surface area contributed by atoms with Crippen LogP contribution in [0.2, 0.25) is 0 Å². The third-order valence-corrected chi connectivity index (χ3v) is 5.67. The van der Waals surface area contributed by atoms with Crippen molar-refractivity contribution >= 4 is 0 Å². The Kier molecular flexibility index (Phi) is 4.20. The van der Waals surface area contributed by atoms with Gasteiger partial charge in [0, 0.05) is 11.5 Å². The zero-order valence-electron chi connectivity index (χ0n) is 14.9. The lowest BCUT2D eigenvalue weighted by Gasteiger charge is -2.48. The maximum Gasteiger partial charge on any atom is 0.126 e. The van der Waals surface area contributed by atoms with E-state index in [0.29, 0.717) is 5.92 Å². The highest BCUT2D eigenvalue weighted by molar-refractivity contribution is 5.44. The van der Waals surface area contributed by atoms with Crippen molar-refractivity contribution < 1.29 is 14.6 Å². The molecule has 25 heavy (non-hydrogen) atoms. The Balaban J connectivity index is 1.53. The molecule has 0 unspecified atom stereocenters. The second-order valence-corrected chi connectivity index (χ2v) is 7.81. The van der Waals surface area contributed by atoms with E-state index in [-0.39, 0.29) is 23.6 Å². The normalized spacial score (nSPS) is 27.0. The highest BCUT2D eigenvalue weighted by Crippen LogP contribution is 2.51. The van der Waals surface area contributed by atoms with Crippen molar-refractivity contribution in [2.45, 2.75) is 57.3 Å². The summed E-state index contributed by atoms with van der Waals surface area (Å²) in [7, 11) is 0. The highest BCUT2D eigenvalue weighted by Gasteiger charge is 2.47. The van der Waals surface area contributed by atoms with Crippen LogP contribution in [0.25, 0.3) is 0 Å². The van der Waals surface area contributed by atoms with Crippen molar-refractivity contribution in [1.82, 2.24) is 0 Å². The van der Waals surface area contributed by atoms with Gasteiger partial charge in [0.1, 0.15) is 17.1 Å². The van der Waals surface area contributed by atoms with Crippen LogP contribution < -0.4 is 4.74 Å². The molecule has 3 atom stereocenters. The summed E-state index contributed by atoms with van der Waals surface area (Å²) in [6.45, 7) is 4.29. The second kappa shape index (κ2) is 6.38. The molecule has 1 fully saturated rings. The van der Waals surface area contributed by atoms with Crippen molar-refractivity contribution in [2.75, 3.05) is 0 Å². The third kappa shape index (κ3) is 3.25. The van der Waals surface area contributed by atoms with Crippen molar-refractivity contribution in [1.29, 1.82) is 0 Å². The highest BCUT2D eigenvalue weighted by atomic mass is 16.5. The predicted molar refractivity (Wildman–Crippen MR) is 97.9 cm³/mol. The fourth-order valence-corrected chi connectivity index (χ4v) is 4.28. The fourth-order valence-electron chi connectivity index (χ4n) is 4.28. The number of hydrogen-bond donors (Lipinski definition) is 1. The Morgan fingerprint density at radius 2 is 1.88 bits per heavy atom. The Labute approximate surface area is 149 Å². The van der Waals surface area contributed by atoms with E-state index in [4.69, 9.17) is 9.47 Å². The Morgan fingerprint density at radius 3 is 2.68 bits per heavy atom. The van der Waals surface area contributed by atoms with Crippen LogP contribution in [-0.4, -0.2) is 16.8 Å². The van der Waals surface area contributed by atoms with E-state index in [1.165, 1.54) is 5.56 Å². The second-order valence-electron chi connectivity index (χ2n) is 7.81. The number of fused-ring (bicyclic) bond motifs is 3. The molecule has 0 amide bonds. The number of phenols is 1. The van der Waals surface area contributed by atoms with Gasteiger partial charge in [0.15, 0.2) is 0 Å². The van der Waals surface area contributed by atoms with Gasteiger partial charge in [-0.15, -0.1) is 0 Å². The third-order valence-electron chi connectivity index (χ3n) is 5.67. The van der Waals surface area contributed by atoms with Crippen molar-refractivity contribution in [3.8, 4) is 11.5 Å². The van der Waals surface area contributed by atoms with Crippen LogP contribution in [0.3, 0.4) is 0 Å². The molecule has 0 saturated carbocycles. The monoisotopic (exact) mass is 338 g/mol. The topological polar surface area (TPSA) is 38.7 Å². The van der Waals surface area contributed by atoms with Crippen molar-refractivity contribution in [2.24, 2.45) is 5.92 Å². The van der Waals surface area contributed by atoms with Gasteiger partial charge < -0.3 is 14.6 Å². The molecule has 1 saturated heterocycles. The molecule has 0 aromatic heterocycles. The van der Waals surface area contributed by atoms with Crippen LogP contribution in [0.15, 0.2) is 48.5 Å². The van der Waals surface area contributed by atoms with E-state index in [0.717, 1.165) is 37.0 Å². The summed E-state index contributed by atoms with van der Waals surface area (Å²) < 4.78 is 12.8. The van der Waals surface area contributed by atoms with Gasteiger partial charge in [-0.05, 0) is 63.3 Å². The molecule has 2 aromatic carbocycles. The quantitative estimate of drug-likeness (QED) is 0.853. The van der Waals surface area contributed by atoms with Gasteiger partial charge in [-0.25, -0.2) is 0 Å². The number of rotatable bonds is 3. The number of aromatic hydroxyl groups is 1. The zero-order valence-corrected chi connectivity index (χ0v) is 14.9. The van der Waals surface area contributed by atoms with Gasteiger partial charge >= 0.3 is 0 Å². The fraction of sp³-hybridized carbons (Fsp3) is 0.455. The average molecular weight is 338 g/mol. The number of aryl methyl sites for hydroxylation is 1. The number of hydrogen-bond acceptors (Lipinski definition) is 3. The molecule has 1 N–H and O–H groups in total. The van der Waals surface area contributed by atoms with Crippen LogP contribution in [0.5, 0.6) is 11.5 Å². The number of ether oxygens (including phenoxy) is 2. The van der Waals surface area contributed by atoms with E-state index in [1.54, 1.807) is 6.07 Å². The van der Waals surface area contributed by atoms with E-state index >= 15 is 0 Å². The lowest BCUT2D eigenvalue weighted by molar-refractivity contribution is -0.150. The van der Waals surface area contributed by atoms with Gasteiger partial charge in [0.2, 0.25) is 0 Å². The number of phenolic OH excluding ortho intramolecular Hbond substituents is 1. The van der Waals surface area contributed by atoms with Crippen LogP contribution in [0.4, 0.5) is 0 Å². The van der Waals surface area contributed by atoms with Gasteiger partial charge in [-0.2, -0.15) is 0 Å². The lowest BCUT2D eigenvalue weighted by atomic mass is 9.75. The van der Waals surface area contributed by atoms with Gasteiger partial charge in [-0.1, -0.05) is 30.3 Å². The van der Waals surface area contributed by atoms with Crippen LogP contribution >= 0.6 is 0 Å². The van der Waals surface area contributed by atoms with E-state index in [2.05, 4.69) is 44.2 Å². The predicted octanol–water partition coefficient (Wildman–Crippen LogP) is 5.03. The van der Waals surface area contributed by atoms with Gasteiger partial charge in [0.25, 0.3) is 0 Å². The Bertz CT molecular complexity index is 738. The summed E-state index contributed by atoms with van der Waals surface area (Å²) in [5, 5.41) is 9.92. The lowest BCUT2D eigenvalue weighted by Crippen LogP contribution is -2.48. The number of benzene rings is 2. The largest absolute Gasteiger partial charge is 0.508 e. The molecule has 2 aliphatic heterocycles. The van der Waals surface area contributed by atoms with Crippen LogP contribution in [0, 0.1) is 5.92 Å². The molecular weight excluding hydrogens is 312 g/mol. The molecule has 0 spiro atoms. The van der Waals surface area contributed by atoms with Gasteiger partial charge in [-0.3, -0.25) is 0 Å². The Hall–Kier alpha value is -2.00. The maximum atomic E-state index is 9.92. The molecule has 4 rings (SSSR count). The molecule has 2 aromatic rings. The zero-order chi connectivity index (χ0) is 17.4. The van der Waals surface area contributed by atoms with E-state index < -0.39 is 0 Å². The molecule has 3 heteroatoms.